The van der Waals surface area contributed by atoms with E-state index in [2.05, 4.69) is 4.90 Å². The first-order valence-electron chi connectivity index (χ1n) is 5.95. The van der Waals surface area contributed by atoms with Crippen molar-refractivity contribution in [2.75, 3.05) is 19.6 Å². The minimum atomic E-state index is -0.467. The molecule has 1 saturated heterocycles. The number of likely N-dealkylation sites (tertiary alicyclic amines) is 1. The summed E-state index contributed by atoms with van der Waals surface area (Å²) in [6, 6.07) is 3.59. The molecule has 1 fully saturated rings. The van der Waals surface area contributed by atoms with Gasteiger partial charge in [-0.25, -0.2) is 4.39 Å². The maximum atomic E-state index is 13.2. The van der Waals surface area contributed by atoms with E-state index in [1.54, 1.807) is 0 Å². The van der Waals surface area contributed by atoms with Gasteiger partial charge in [-0.15, -0.1) is 0 Å². The maximum absolute atomic E-state index is 13.2. The molecule has 0 radical (unpaired) electrons. The molecule has 1 unspecified atom stereocenters. The summed E-state index contributed by atoms with van der Waals surface area (Å²) >= 11 is 0. The van der Waals surface area contributed by atoms with E-state index in [1.807, 2.05) is 0 Å². The van der Waals surface area contributed by atoms with Gasteiger partial charge in [0.2, 0.25) is 0 Å². The number of nitro benzene ring substituents is 1. The van der Waals surface area contributed by atoms with Crippen molar-refractivity contribution in [3.8, 4) is 0 Å². The molecule has 5 nitrogen and oxygen atoms in total. The Labute approximate surface area is 105 Å². The minimum Gasteiger partial charge on any atom is -0.330 e. The van der Waals surface area contributed by atoms with Gasteiger partial charge < -0.3 is 5.73 Å². The second-order valence-corrected chi connectivity index (χ2v) is 4.66. The van der Waals surface area contributed by atoms with Crippen LogP contribution in [0.5, 0.6) is 0 Å². The molecule has 1 heterocycles. The molecule has 1 aliphatic heterocycles. The summed E-state index contributed by atoms with van der Waals surface area (Å²) < 4.78 is 13.2. The van der Waals surface area contributed by atoms with Crippen LogP contribution in [0.2, 0.25) is 0 Å². The van der Waals surface area contributed by atoms with Crippen molar-refractivity contribution in [1.82, 2.24) is 4.90 Å². The summed E-state index contributed by atoms with van der Waals surface area (Å²) in [6.07, 6.45) is 1.000. The van der Waals surface area contributed by atoms with E-state index in [0.717, 1.165) is 25.6 Å². The van der Waals surface area contributed by atoms with Crippen molar-refractivity contribution >= 4 is 5.69 Å². The Morgan fingerprint density at radius 2 is 2.33 bits per heavy atom. The zero-order valence-corrected chi connectivity index (χ0v) is 10.0. The standard InChI is InChI=1S/C12H16FN3O2/c13-11-1-2-12(16(17)18)10(5-11)8-15-4-3-9(6-14)7-15/h1-2,5,9H,3-4,6-8,14H2. The molecule has 1 atom stereocenters. The zero-order valence-electron chi connectivity index (χ0n) is 10.0. The summed E-state index contributed by atoms with van der Waals surface area (Å²) in [5.41, 5.74) is 6.00. The van der Waals surface area contributed by atoms with Crippen molar-refractivity contribution < 1.29 is 9.31 Å². The van der Waals surface area contributed by atoms with Crippen molar-refractivity contribution in [3.05, 3.63) is 39.7 Å². The molecule has 1 aromatic rings. The highest BCUT2D eigenvalue weighted by atomic mass is 19.1. The average Bonchev–Trinajstić information content (AvgIpc) is 2.76. The van der Waals surface area contributed by atoms with Gasteiger partial charge in [0.05, 0.1) is 4.92 Å². The fourth-order valence-electron chi connectivity index (χ4n) is 2.35. The number of halogens is 1. The Bertz CT molecular complexity index is 453. The largest absolute Gasteiger partial charge is 0.330 e. The minimum absolute atomic E-state index is 0.0207. The highest BCUT2D eigenvalue weighted by Crippen LogP contribution is 2.24. The Kier molecular flexibility index (Phi) is 3.88. The van der Waals surface area contributed by atoms with E-state index in [4.69, 9.17) is 5.73 Å². The molecule has 0 bridgehead atoms. The van der Waals surface area contributed by atoms with Gasteiger partial charge in [0.25, 0.3) is 5.69 Å². The molecule has 0 amide bonds. The lowest BCUT2D eigenvalue weighted by molar-refractivity contribution is -0.385. The Morgan fingerprint density at radius 1 is 1.56 bits per heavy atom. The molecule has 0 saturated carbocycles. The Balaban J connectivity index is 2.13. The molecule has 0 spiro atoms. The third kappa shape index (κ3) is 2.83. The topological polar surface area (TPSA) is 72.4 Å². The molecule has 18 heavy (non-hydrogen) atoms. The van der Waals surface area contributed by atoms with E-state index in [9.17, 15) is 14.5 Å². The number of nitrogens with zero attached hydrogens (tertiary/aromatic N) is 2. The summed E-state index contributed by atoms with van der Waals surface area (Å²) in [5, 5.41) is 10.9. The molecule has 2 N–H and O–H groups in total. The lowest BCUT2D eigenvalue weighted by Gasteiger charge is -2.15. The molecule has 98 valence electrons. The van der Waals surface area contributed by atoms with Crippen LogP contribution in [-0.4, -0.2) is 29.5 Å². The molecule has 0 aromatic heterocycles. The van der Waals surface area contributed by atoms with Crippen LogP contribution in [0.3, 0.4) is 0 Å². The first kappa shape index (κ1) is 12.9. The first-order valence-corrected chi connectivity index (χ1v) is 5.95. The van der Waals surface area contributed by atoms with Crippen LogP contribution in [0, 0.1) is 21.8 Å². The van der Waals surface area contributed by atoms with E-state index >= 15 is 0 Å². The summed E-state index contributed by atoms with van der Waals surface area (Å²) in [4.78, 5) is 12.5. The van der Waals surface area contributed by atoms with Crippen molar-refractivity contribution in [2.45, 2.75) is 13.0 Å². The number of rotatable bonds is 4. The van der Waals surface area contributed by atoms with Crippen LogP contribution in [-0.2, 0) is 6.54 Å². The number of nitro groups is 1. The quantitative estimate of drug-likeness (QED) is 0.652. The smallest absolute Gasteiger partial charge is 0.274 e. The lowest BCUT2D eigenvalue weighted by Crippen LogP contribution is -2.23. The van der Waals surface area contributed by atoms with Gasteiger partial charge in [-0.05, 0) is 37.6 Å². The number of benzene rings is 1. The highest BCUT2D eigenvalue weighted by Gasteiger charge is 2.24. The number of nitrogens with two attached hydrogens (primary N) is 1. The third-order valence-corrected chi connectivity index (χ3v) is 3.34. The normalized spacial score (nSPS) is 20.2. The molecular formula is C12H16FN3O2. The SMILES string of the molecule is NCC1CCN(Cc2cc(F)ccc2[N+](=O)[O-])C1. The van der Waals surface area contributed by atoms with E-state index < -0.39 is 10.7 Å². The fourth-order valence-corrected chi connectivity index (χ4v) is 2.35. The molecular weight excluding hydrogens is 237 g/mol. The van der Waals surface area contributed by atoms with Gasteiger partial charge in [-0.2, -0.15) is 0 Å². The van der Waals surface area contributed by atoms with E-state index in [-0.39, 0.29) is 5.69 Å². The zero-order chi connectivity index (χ0) is 13.1. The van der Waals surface area contributed by atoms with Crippen LogP contribution in [0.15, 0.2) is 18.2 Å². The van der Waals surface area contributed by atoms with Gasteiger partial charge in [0.15, 0.2) is 0 Å². The number of hydrogen-bond donors (Lipinski definition) is 1. The van der Waals surface area contributed by atoms with Crippen molar-refractivity contribution in [3.63, 3.8) is 0 Å². The predicted molar refractivity (Wildman–Crippen MR) is 65.5 cm³/mol. The van der Waals surface area contributed by atoms with Crippen LogP contribution in [0.1, 0.15) is 12.0 Å². The third-order valence-electron chi connectivity index (χ3n) is 3.34. The number of hydrogen-bond acceptors (Lipinski definition) is 4. The van der Waals surface area contributed by atoms with Gasteiger partial charge in [0, 0.05) is 24.7 Å². The van der Waals surface area contributed by atoms with E-state index in [1.165, 1.54) is 12.1 Å². The first-order chi connectivity index (χ1) is 8.60. The lowest BCUT2D eigenvalue weighted by atomic mass is 10.1. The average molecular weight is 253 g/mol. The molecule has 1 aliphatic rings. The molecule has 6 heteroatoms. The van der Waals surface area contributed by atoms with Crippen LogP contribution < -0.4 is 5.73 Å². The van der Waals surface area contributed by atoms with Gasteiger partial charge >= 0.3 is 0 Å². The van der Waals surface area contributed by atoms with Crippen molar-refractivity contribution in [1.29, 1.82) is 0 Å². The molecule has 2 rings (SSSR count). The van der Waals surface area contributed by atoms with Gasteiger partial charge in [0.1, 0.15) is 5.82 Å². The van der Waals surface area contributed by atoms with E-state index in [0.29, 0.717) is 24.6 Å². The maximum Gasteiger partial charge on any atom is 0.274 e. The fraction of sp³-hybridized carbons (Fsp3) is 0.500. The van der Waals surface area contributed by atoms with Crippen LogP contribution in [0.4, 0.5) is 10.1 Å². The van der Waals surface area contributed by atoms with Crippen LogP contribution >= 0.6 is 0 Å². The summed E-state index contributed by atoms with van der Waals surface area (Å²) in [5.74, 6) is 0.00258. The van der Waals surface area contributed by atoms with Crippen molar-refractivity contribution in [2.24, 2.45) is 11.7 Å². The Hall–Kier alpha value is -1.53. The monoisotopic (exact) mass is 253 g/mol. The second kappa shape index (κ2) is 5.41. The van der Waals surface area contributed by atoms with Crippen LogP contribution in [0.25, 0.3) is 0 Å². The second-order valence-electron chi connectivity index (χ2n) is 4.66. The Morgan fingerprint density at radius 3 is 2.94 bits per heavy atom. The van der Waals surface area contributed by atoms with Gasteiger partial charge in [-0.3, -0.25) is 15.0 Å². The molecule has 0 aliphatic carbocycles. The summed E-state index contributed by atoms with van der Waals surface area (Å²) in [7, 11) is 0. The summed E-state index contributed by atoms with van der Waals surface area (Å²) in [6.45, 7) is 2.71. The molecule has 1 aromatic carbocycles. The predicted octanol–water partition coefficient (Wildman–Crippen LogP) is 1.51. The highest BCUT2D eigenvalue weighted by molar-refractivity contribution is 5.40. The van der Waals surface area contributed by atoms with Gasteiger partial charge in [-0.1, -0.05) is 0 Å².